The molecule has 0 aliphatic heterocycles. The first-order valence-electron chi connectivity index (χ1n) is 5.47. The lowest BCUT2D eigenvalue weighted by molar-refractivity contribution is 0.563. The summed E-state index contributed by atoms with van der Waals surface area (Å²) in [5.41, 5.74) is 0. The number of hydrogen-bond acceptors (Lipinski definition) is 3. The monoisotopic (exact) mass is 189 g/mol. The molecule has 3 rings (SSSR count). The second-order valence-corrected chi connectivity index (χ2v) is 4.42. The standard InChI is InChI=1S/C11H15N3/c1-6-12-11(13-7-1)14-10(8-2-3-8)9-4-5-9/h1,6-10H,2-5H2,(H,12,13,14). The van der Waals surface area contributed by atoms with Crippen LogP contribution in [0.1, 0.15) is 25.7 Å². The fourth-order valence-corrected chi connectivity index (χ4v) is 2.05. The summed E-state index contributed by atoms with van der Waals surface area (Å²) in [5, 5.41) is 3.48. The molecule has 0 aromatic carbocycles. The Hall–Kier alpha value is -1.12. The Balaban J connectivity index is 1.69. The van der Waals surface area contributed by atoms with E-state index in [-0.39, 0.29) is 0 Å². The summed E-state index contributed by atoms with van der Waals surface area (Å²) in [6.07, 6.45) is 9.16. The van der Waals surface area contributed by atoms with E-state index >= 15 is 0 Å². The molecule has 0 saturated heterocycles. The zero-order chi connectivity index (χ0) is 9.38. The molecule has 0 atom stereocenters. The maximum absolute atomic E-state index is 4.22. The summed E-state index contributed by atoms with van der Waals surface area (Å²) >= 11 is 0. The molecule has 0 amide bonds. The molecule has 3 nitrogen and oxygen atoms in total. The van der Waals surface area contributed by atoms with E-state index in [2.05, 4.69) is 15.3 Å². The largest absolute Gasteiger partial charge is 0.351 e. The lowest BCUT2D eigenvalue weighted by Gasteiger charge is -2.16. The van der Waals surface area contributed by atoms with Gasteiger partial charge in [-0.25, -0.2) is 9.97 Å². The van der Waals surface area contributed by atoms with Crippen molar-refractivity contribution in [2.75, 3.05) is 5.32 Å². The van der Waals surface area contributed by atoms with Crippen molar-refractivity contribution in [3.05, 3.63) is 18.5 Å². The summed E-state index contributed by atoms with van der Waals surface area (Å²) in [7, 11) is 0. The van der Waals surface area contributed by atoms with Gasteiger partial charge in [-0.3, -0.25) is 0 Å². The second-order valence-electron chi connectivity index (χ2n) is 4.42. The summed E-state index contributed by atoms with van der Waals surface area (Å²) in [5.74, 6) is 2.59. The summed E-state index contributed by atoms with van der Waals surface area (Å²) in [6.45, 7) is 0. The summed E-state index contributed by atoms with van der Waals surface area (Å²) in [4.78, 5) is 8.43. The fourth-order valence-electron chi connectivity index (χ4n) is 2.05. The van der Waals surface area contributed by atoms with Gasteiger partial charge in [-0.05, 0) is 43.6 Å². The van der Waals surface area contributed by atoms with E-state index in [0.717, 1.165) is 17.8 Å². The van der Waals surface area contributed by atoms with Crippen LogP contribution >= 0.6 is 0 Å². The molecule has 1 aromatic rings. The minimum atomic E-state index is 0.650. The molecule has 2 aliphatic carbocycles. The highest BCUT2D eigenvalue weighted by molar-refractivity contribution is 5.27. The molecule has 0 spiro atoms. The van der Waals surface area contributed by atoms with E-state index in [0.29, 0.717) is 6.04 Å². The van der Waals surface area contributed by atoms with Crippen molar-refractivity contribution in [3.63, 3.8) is 0 Å². The van der Waals surface area contributed by atoms with E-state index in [1.807, 2.05) is 6.07 Å². The van der Waals surface area contributed by atoms with Crippen molar-refractivity contribution >= 4 is 5.95 Å². The van der Waals surface area contributed by atoms with Crippen LogP contribution in [0.15, 0.2) is 18.5 Å². The molecule has 2 fully saturated rings. The van der Waals surface area contributed by atoms with Crippen molar-refractivity contribution < 1.29 is 0 Å². The highest BCUT2D eigenvalue weighted by Gasteiger charge is 2.41. The molecule has 1 N–H and O–H groups in total. The molecule has 74 valence electrons. The van der Waals surface area contributed by atoms with E-state index in [1.165, 1.54) is 25.7 Å². The van der Waals surface area contributed by atoms with Gasteiger partial charge in [0.15, 0.2) is 0 Å². The first-order valence-corrected chi connectivity index (χ1v) is 5.47. The van der Waals surface area contributed by atoms with Gasteiger partial charge >= 0.3 is 0 Å². The van der Waals surface area contributed by atoms with Gasteiger partial charge in [-0.2, -0.15) is 0 Å². The fraction of sp³-hybridized carbons (Fsp3) is 0.636. The molecule has 14 heavy (non-hydrogen) atoms. The average Bonchev–Trinajstić information content (AvgIpc) is 3.08. The predicted molar refractivity (Wildman–Crippen MR) is 54.9 cm³/mol. The van der Waals surface area contributed by atoms with Gasteiger partial charge in [0.2, 0.25) is 5.95 Å². The Morgan fingerprint density at radius 2 is 1.64 bits per heavy atom. The molecular formula is C11H15N3. The number of anilines is 1. The predicted octanol–water partition coefficient (Wildman–Crippen LogP) is 2.08. The van der Waals surface area contributed by atoms with Gasteiger partial charge in [0.1, 0.15) is 0 Å². The highest BCUT2D eigenvalue weighted by Crippen LogP contribution is 2.45. The van der Waals surface area contributed by atoms with E-state index in [9.17, 15) is 0 Å². The smallest absolute Gasteiger partial charge is 0.222 e. The molecule has 2 saturated carbocycles. The van der Waals surface area contributed by atoms with Crippen molar-refractivity contribution in [1.82, 2.24) is 9.97 Å². The maximum Gasteiger partial charge on any atom is 0.222 e. The highest BCUT2D eigenvalue weighted by atomic mass is 15.1. The van der Waals surface area contributed by atoms with Crippen LogP contribution in [0.5, 0.6) is 0 Å². The van der Waals surface area contributed by atoms with E-state index in [4.69, 9.17) is 0 Å². The van der Waals surface area contributed by atoms with Gasteiger partial charge in [0.05, 0.1) is 0 Å². The molecule has 1 aromatic heterocycles. The van der Waals surface area contributed by atoms with Crippen molar-refractivity contribution in [1.29, 1.82) is 0 Å². The lowest BCUT2D eigenvalue weighted by atomic mass is 10.1. The summed E-state index contributed by atoms with van der Waals surface area (Å²) < 4.78 is 0. The Kier molecular flexibility index (Phi) is 1.89. The van der Waals surface area contributed by atoms with Crippen LogP contribution in [0.2, 0.25) is 0 Å². The average molecular weight is 189 g/mol. The van der Waals surface area contributed by atoms with Gasteiger partial charge < -0.3 is 5.32 Å². The normalized spacial score (nSPS) is 21.2. The van der Waals surface area contributed by atoms with Crippen LogP contribution in [0.25, 0.3) is 0 Å². The number of nitrogens with one attached hydrogen (secondary N) is 1. The Morgan fingerprint density at radius 3 is 2.14 bits per heavy atom. The SMILES string of the molecule is c1cnc(NC(C2CC2)C2CC2)nc1. The number of rotatable bonds is 4. The number of aromatic nitrogens is 2. The zero-order valence-electron chi connectivity index (χ0n) is 8.19. The first-order chi connectivity index (χ1) is 6.93. The van der Waals surface area contributed by atoms with Crippen molar-refractivity contribution in [2.24, 2.45) is 11.8 Å². The quantitative estimate of drug-likeness (QED) is 0.788. The topological polar surface area (TPSA) is 37.8 Å². The van der Waals surface area contributed by atoms with Crippen LogP contribution in [0, 0.1) is 11.8 Å². The molecular weight excluding hydrogens is 174 g/mol. The maximum atomic E-state index is 4.22. The van der Waals surface area contributed by atoms with E-state index < -0.39 is 0 Å². The molecule has 0 bridgehead atoms. The van der Waals surface area contributed by atoms with Gasteiger partial charge in [0, 0.05) is 18.4 Å². The third kappa shape index (κ3) is 1.72. The molecule has 1 heterocycles. The minimum Gasteiger partial charge on any atom is -0.351 e. The van der Waals surface area contributed by atoms with Crippen molar-refractivity contribution in [3.8, 4) is 0 Å². The third-order valence-corrected chi connectivity index (χ3v) is 3.12. The first kappa shape index (κ1) is 8.21. The minimum absolute atomic E-state index is 0.650. The molecule has 3 heteroatoms. The number of nitrogens with zero attached hydrogens (tertiary/aromatic N) is 2. The summed E-state index contributed by atoms with van der Waals surface area (Å²) in [6, 6.07) is 2.51. The lowest BCUT2D eigenvalue weighted by Crippen LogP contribution is -2.25. The third-order valence-electron chi connectivity index (χ3n) is 3.12. The van der Waals surface area contributed by atoms with Crippen molar-refractivity contribution in [2.45, 2.75) is 31.7 Å². The Bertz CT molecular complexity index is 292. The molecule has 0 unspecified atom stereocenters. The molecule has 0 radical (unpaired) electrons. The van der Waals surface area contributed by atoms with E-state index in [1.54, 1.807) is 12.4 Å². The van der Waals surface area contributed by atoms with Gasteiger partial charge in [0.25, 0.3) is 0 Å². The second kappa shape index (κ2) is 3.23. The van der Waals surface area contributed by atoms with Crippen LogP contribution in [0.3, 0.4) is 0 Å². The zero-order valence-corrected chi connectivity index (χ0v) is 8.19. The number of hydrogen-bond donors (Lipinski definition) is 1. The van der Waals surface area contributed by atoms with Gasteiger partial charge in [-0.1, -0.05) is 0 Å². The van der Waals surface area contributed by atoms with Crippen LogP contribution in [-0.2, 0) is 0 Å². The Morgan fingerprint density at radius 1 is 1.07 bits per heavy atom. The van der Waals surface area contributed by atoms with Crippen LogP contribution < -0.4 is 5.32 Å². The van der Waals surface area contributed by atoms with Crippen LogP contribution in [-0.4, -0.2) is 16.0 Å². The van der Waals surface area contributed by atoms with Gasteiger partial charge in [-0.15, -0.1) is 0 Å². The van der Waals surface area contributed by atoms with Crippen LogP contribution in [0.4, 0.5) is 5.95 Å². The Labute approximate surface area is 84.0 Å². The molecule has 2 aliphatic rings.